The summed E-state index contributed by atoms with van der Waals surface area (Å²) >= 11 is 0. The van der Waals surface area contributed by atoms with Gasteiger partial charge in [0.25, 0.3) is 5.91 Å². The predicted octanol–water partition coefficient (Wildman–Crippen LogP) is 3.99. The second-order valence-electron chi connectivity index (χ2n) is 7.68. The van der Waals surface area contributed by atoms with Crippen LogP contribution in [0.15, 0.2) is 48.7 Å². The standard InChI is InChI=1S/C24H25N5O/c1-14-8-23(25)29-16(3)21(14)13-27-24(30)19-11-20(26-12-19)10-17-5-7-22-18(9-17)6-4-15(2)28-22/h4-9,11-12,26H,10,13H2,1-3H3,(H2,25,29)(H,27,30). The number of nitrogens with one attached hydrogen (secondary N) is 2. The molecule has 1 amide bonds. The Morgan fingerprint density at radius 1 is 1.07 bits per heavy atom. The Balaban J connectivity index is 1.43. The molecule has 0 radical (unpaired) electrons. The Hall–Kier alpha value is -3.67. The van der Waals surface area contributed by atoms with Crippen molar-refractivity contribution in [3.8, 4) is 0 Å². The molecule has 0 saturated heterocycles. The third-order valence-electron chi connectivity index (χ3n) is 5.29. The molecule has 0 spiro atoms. The Bertz CT molecular complexity index is 1220. The summed E-state index contributed by atoms with van der Waals surface area (Å²) in [6.07, 6.45) is 2.47. The van der Waals surface area contributed by atoms with E-state index in [9.17, 15) is 4.79 Å². The Morgan fingerprint density at radius 2 is 1.90 bits per heavy atom. The summed E-state index contributed by atoms with van der Waals surface area (Å²) in [6.45, 7) is 6.29. The van der Waals surface area contributed by atoms with Crippen LogP contribution >= 0.6 is 0 Å². The molecule has 0 unspecified atom stereocenters. The highest BCUT2D eigenvalue weighted by Gasteiger charge is 2.11. The monoisotopic (exact) mass is 399 g/mol. The molecule has 0 aliphatic heterocycles. The van der Waals surface area contributed by atoms with Crippen LogP contribution in [0.25, 0.3) is 10.9 Å². The number of aromatic amines is 1. The van der Waals surface area contributed by atoms with E-state index in [1.54, 1.807) is 6.20 Å². The summed E-state index contributed by atoms with van der Waals surface area (Å²) in [7, 11) is 0. The van der Waals surface area contributed by atoms with Crippen molar-refractivity contribution in [1.82, 2.24) is 20.3 Å². The van der Waals surface area contributed by atoms with Crippen LogP contribution in [0.1, 0.15) is 44.1 Å². The van der Waals surface area contributed by atoms with E-state index >= 15 is 0 Å². The molecule has 30 heavy (non-hydrogen) atoms. The lowest BCUT2D eigenvalue weighted by Crippen LogP contribution is -2.23. The number of nitrogen functional groups attached to an aromatic ring is 1. The molecule has 1 aromatic carbocycles. The lowest BCUT2D eigenvalue weighted by atomic mass is 10.1. The molecule has 0 fully saturated rings. The zero-order valence-corrected chi connectivity index (χ0v) is 17.4. The van der Waals surface area contributed by atoms with Crippen LogP contribution in [0.4, 0.5) is 5.82 Å². The van der Waals surface area contributed by atoms with Gasteiger partial charge in [0.05, 0.1) is 11.1 Å². The maximum atomic E-state index is 12.6. The van der Waals surface area contributed by atoms with E-state index in [2.05, 4.69) is 38.5 Å². The van der Waals surface area contributed by atoms with Crippen LogP contribution in [0.2, 0.25) is 0 Å². The van der Waals surface area contributed by atoms with Gasteiger partial charge in [-0.05, 0) is 67.8 Å². The topological polar surface area (TPSA) is 96.7 Å². The Labute approximate surface area is 175 Å². The van der Waals surface area contributed by atoms with E-state index in [4.69, 9.17) is 5.73 Å². The molecular formula is C24H25N5O. The second-order valence-corrected chi connectivity index (χ2v) is 7.68. The van der Waals surface area contributed by atoms with Gasteiger partial charge in [-0.25, -0.2) is 4.98 Å². The number of anilines is 1. The summed E-state index contributed by atoms with van der Waals surface area (Å²) in [5.74, 6) is 0.376. The number of aryl methyl sites for hydroxylation is 3. The minimum atomic E-state index is -0.119. The smallest absolute Gasteiger partial charge is 0.253 e. The molecule has 0 aliphatic rings. The molecule has 0 atom stereocenters. The van der Waals surface area contributed by atoms with Gasteiger partial charge in [0, 0.05) is 41.6 Å². The number of aromatic nitrogens is 3. The molecule has 0 aliphatic carbocycles. The number of fused-ring (bicyclic) bond motifs is 1. The minimum Gasteiger partial charge on any atom is -0.384 e. The van der Waals surface area contributed by atoms with Crippen LogP contribution in [0.5, 0.6) is 0 Å². The Morgan fingerprint density at radius 3 is 2.70 bits per heavy atom. The van der Waals surface area contributed by atoms with Gasteiger partial charge in [0.15, 0.2) is 0 Å². The van der Waals surface area contributed by atoms with Crippen molar-refractivity contribution < 1.29 is 4.79 Å². The SMILES string of the molecule is Cc1ccc2cc(Cc3cc(C(=O)NCc4c(C)cc(N)nc4C)c[nH]3)ccc2n1. The van der Waals surface area contributed by atoms with Crippen LogP contribution in [0.3, 0.4) is 0 Å². The van der Waals surface area contributed by atoms with Gasteiger partial charge in [0.1, 0.15) is 5.82 Å². The minimum absolute atomic E-state index is 0.119. The number of nitrogens with two attached hydrogens (primary N) is 1. The number of carbonyl (C=O) groups excluding carboxylic acids is 1. The van der Waals surface area contributed by atoms with E-state index in [1.165, 1.54) is 5.56 Å². The first-order valence-electron chi connectivity index (χ1n) is 9.93. The average molecular weight is 399 g/mol. The number of nitrogens with zero attached hydrogens (tertiary/aromatic N) is 2. The third-order valence-corrected chi connectivity index (χ3v) is 5.29. The number of amides is 1. The van der Waals surface area contributed by atoms with Gasteiger partial charge in [-0.15, -0.1) is 0 Å². The highest BCUT2D eigenvalue weighted by atomic mass is 16.1. The van der Waals surface area contributed by atoms with E-state index in [-0.39, 0.29) is 5.91 Å². The molecule has 3 aromatic heterocycles. The van der Waals surface area contributed by atoms with Gasteiger partial charge < -0.3 is 16.0 Å². The van der Waals surface area contributed by atoms with Gasteiger partial charge in [0.2, 0.25) is 0 Å². The molecule has 4 aromatic rings. The zero-order chi connectivity index (χ0) is 21.3. The Kier molecular flexibility index (Phi) is 5.23. The predicted molar refractivity (Wildman–Crippen MR) is 119 cm³/mol. The third kappa shape index (κ3) is 4.17. The lowest BCUT2D eigenvalue weighted by Gasteiger charge is -2.11. The lowest BCUT2D eigenvalue weighted by molar-refractivity contribution is 0.0951. The van der Waals surface area contributed by atoms with Crippen molar-refractivity contribution >= 4 is 22.6 Å². The van der Waals surface area contributed by atoms with Crippen molar-refractivity contribution in [2.45, 2.75) is 33.7 Å². The van der Waals surface area contributed by atoms with E-state index in [0.717, 1.165) is 45.5 Å². The molecule has 6 heteroatoms. The number of H-pyrrole nitrogens is 1. The number of benzene rings is 1. The summed E-state index contributed by atoms with van der Waals surface area (Å²) in [5.41, 5.74) is 13.4. The van der Waals surface area contributed by atoms with Crippen molar-refractivity contribution in [3.05, 3.63) is 88.0 Å². The summed E-state index contributed by atoms with van der Waals surface area (Å²) in [6, 6.07) is 14.1. The van der Waals surface area contributed by atoms with E-state index in [0.29, 0.717) is 17.9 Å². The molecule has 4 N–H and O–H groups in total. The number of pyridine rings is 2. The van der Waals surface area contributed by atoms with E-state index in [1.807, 2.05) is 45.0 Å². The van der Waals surface area contributed by atoms with Crippen LogP contribution in [-0.2, 0) is 13.0 Å². The van der Waals surface area contributed by atoms with Gasteiger partial charge in [-0.3, -0.25) is 9.78 Å². The molecule has 3 heterocycles. The zero-order valence-electron chi connectivity index (χ0n) is 17.4. The van der Waals surface area contributed by atoms with Crippen LogP contribution in [-0.4, -0.2) is 20.9 Å². The molecule has 152 valence electrons. The number of hydrogen-bond acceptors (Lipinski definition) is 4. The van der Waals surface area contributed by atoms with Gasteiger partial charge in [-0.1, -0.05) is 12.1 Å². The molecule has 0 saturated carbocycles. The summed E-state index contributed by atoms with van der Waals surface area (Å²) in [4.78, 5) is 24.6. The summed E-state index contributed by atoms with van der Waals surface area (Å²) in [5, 5.41) is 4.09. The van der Waals surface area contributed by atoms with Crippen molar-refractivity contribution in [3.63, 3.8) is 0 Å². The molecule has 4 rings (SSSR count). The highest BCUT2D eigenvalue weighted by Crippen LogP contribution is 2.18. The molecular weight excluding hydrogens is 374 g/mol. The fraction of sp³-hybridized carbons (Fsp3) is 0.208. The first kappa shape index (κ1) is 19.6. The number of rotatable bonds is 5. The maximum Gasteiger partial charge on any atom is 0.253 e. The molecule has 6 nitrogen and oxygen atoms in total. The quantitative estimate of drug-likeness (QED) is 0.473. The average Bonchev–Trinajstić information content (AvgIpc) is 3.15. The van der Waals surface area contributed by atoms with Gasteiger partial charge in [-0.2, -0.15) is 0 Å². The highest BCUT2D eigenvalue weighted by molar-refractivity contribution is 5.94. The first-order valence-corrected chi connectivity index (χ1v) is 9.93. The van der Waals surface area contributed by atoms with Crippen molar-refractivity contribution in [2.75, 3.05) is 5.73 Å². The largest absolute Gasteiger partial charge is 0.384 e. The fourth-order valence-electron chi connectivity index (χ4n) is 3.71. The van der Waals surface area contributed by atoms with E-state index < -0.39 is 0 Å². The van der Waals surface area contributed by atoms with Crippen LogP contribution < -0.4 is 11.1 Å². The normalized spacial score (nSPS) is 11.0. The number of carbonyl (C=O) groups is 1. The first-order chi connectivity index (χ1) is 14.4. The maximum absolute atomic E-state index is 12.6. The van der Waals surface area contributed by atoms with Crippen molar-refractivity contribution in [1.29, 1.82) is 0 Å². The fourth-order valence-corrected chi connectivity index (χ4v) is 3.71. The van der Waals surface area contributed by atoms with Crippen molar-refractivity contribution in [2.24, 2.45) is 0 Å². The second kappa shape index (κ2) is 7.99. The van der Waals surface area contributed by atoms with Crippen LogP contribution in [0, 0.1) is 20.8 Å². The summed E-state index contributed by atoms with van der Waals surface area (Å²) < 4.78 is 0. The van der Waals surface area contributed by atoms with Gasteiger partial charge >= 0.3 is 0 Å². The molecule has 0 bridgehead atoms. The number of hydrogen-bond donors (Lipinski definition) is 3.